The van der Waals surface area contributed by atoms with Crippen LogP contribution in [0.1, 0.15) is 108 Å². The van der Waals surface area contributed by atoms with E-state index in [1.54, 1.807) is 32.9 Å². The molecule has 6 rings (SSSR count). The molecule has 4 aromatic rings. The molecule has 2 fully saturated rings. The zero-order valence-electron chi connectivity index (χ0n) is 42.9. The molecule has 14 nitrogen and oxygen atoms in total. The third-order valence-electron chi connectivity index (χ3n) is 11.2. The second-order valence-electron chi connectivity index (χ2n) is 23.1. The maximum absolute atomic E-state index is 13.4. The molecule has 0 unspecified atom stereocenters. The quantitative estimate of drug-likeness (QED) is 0.135. The number of carbonyl (C=O) groups is 2. The molecule has 2 aliphatic rings. The monoisotopic (exact) mass is 953 g/mol. The van der Waals surface area contributed by atoms with Gasteiger partial charge in [0.15, 0.2) is 9.84 Å². The lowest BCUT2D eigenvalue weighted by Crippen LogP contribution is -2.36. The Kier molecular flexibility index (Phi) is 16.7. The number of amides is 2. The molecule has 368 valence electrons. The number of aromatic nitrogens is 4. The Hall–Kier alpha value is -3.86. The van der Waals surface area contributed by atoms with Crippen molar-refractivity contribution in [1.82, 2.24) is 38.7 Å². The van der Waals surface area contributed by atoms with E-state index in [-0.39, 0.29) is 28.4 Å². The van der Waals surface area contributed by atoms with E-state index in [0.29, 0.717) is 23.7 Å². The average Bonchev–Trinajstić information content (AvgIpc) is 3.96. The summed E-state index contributed by atoms with van der Waals surface area (Å²) in [5, 5.41) is -0.271. The summed E-state index contributed by atoms with van der Waals surface area (Å²) in [7, 11) is 4.68. The van der Waals surface area contributed by atoms with Crippen molar-refractivity contribution in [3.05, 3.63) is 48.0 Å². The third-order valence-corrected chi connectivity index (χ3v) is 14.6. The minimum absolute atomic E-state index is 0.0567. The number of ether oxygens (including phenoxy) is 2. The van der Waals surface area contributed by atoms with Gasteiger partial charge in [-0.1, -0.05) is 41.5 Å². The first-order valence-electron chi connectivity index (χ1n) is 23.5. The number of likely N-dealkylation sites (tertiary alicyclic amines) is 2. The zero-order valence-corrected chi connectivity index (χ0v) is 44.6. The SMILES string of the molecule is CN(C)CCn1c(CC(C)(C)C)nc2cc(S(=O)(=O)[C@H]3CCN(C(=O)OC(C)(C)C)C3)ccc21.CN(C)CCn1c(CC(C)(C)C)nc2cc(S[C@H]3CCN(C(=O)OC(C)(C)C)C3)ccc21. The highest BCUT2D eigenvalue weighted by atomic mass is 32.2. The van der Waals surface area contributed by atoms with Crippen molar-refractivity contribution in [1.29, 1.82) is 0 Å². The van der Waals surface area contributed by atoms with E-state index in [1.807, 2.05) is 57.6 Å². The molecule has 0 N–H and O–H groups in total. The van der Waals surface area contributed by atoms with Crippen LogP contribution in [0.4, 0.5) is 9.59 Å². The summed E-state index contributed by atoms with van der Waals surface area (Å²) >= 11 is 1.84. The van der Waals surface area contributed by atoms with Crippen molar-refractivity contribution in [2.24, 2.45) is 10.8 Å². The van der Waals surface area contributed by atoms with Crippen LogP contribution < -0.4 is 0 Å². The normalized spacial score (nSPS) is 17.6. The number of sulfone groups is 1. The highest BCUT2D eigenvalue weighted by Gasteiger charge is 2.38. The molecule has 66 heavy (non-hydrogen) atoms. The highest BCUT2D eigenvalue weighted by Crippen LogP contribution is 2.34. The predicted octanol–water partition coefficient (Wildman–Crippen LogP) is 9.26. The van der Waals surface area contributed by atoms with Gasteiger partial charge in [-0.3, -0.25) is 0 Å². The number of likely N-dealkylation sites (N-methyl/N-ethyl adjacent to an activating group) is 2. The van der Waals surface area contributed by atoms with Crippen molar-refractivity contribution in [3.63, 3.8) is 0 Å². The summed E-state index contributed by atoms with van der Waals surface area (Å²) in [5.74, 6) is 2.13. The summed E-state index contributed by atoms with van der Waals surface area (Å²) in [6.45, 7) is 30.0. The number of nitrogens with zero attached hydrogens (tertiary/aromatic N) is 8. The number of hydrogen-bond acceptors (Lipinski definition) is 11. The Bertz CT molecular complexity index is 2410. The molecule has 2 atom stereocenters. The van der Waals surface area contributed by atoms with E-state index in [0.717, 1.165) is 81.2 Å². The van der Waals surface area contributed by atoms with E-state index < -0.39 is 32.4 Å². The molecular weight excluding hydrogens is 873 g/mol. The second-order valence-corrected chi connectivity index (χ2v) is 26.7. The number of carbonyl (C=O) groups excluding carboxylic acids is 2. The predicted molar refractivity (Wildman–Crippen MR) is 268 cm³/mol. The van der Waals surface area contributed by atoms with Crippen LogP contribution in [0.25, 0.3) is 22.1 Å². The Labute approximate surface area is 400 Å². The number of thioether (sulfide) groups is 1. The Morgan fingerprint density at radius 2 is 1.12 bits per heavy atom. The summed E-state index contributed by atoms with van der Waals surface area (Å²) in [4.78, 5) is 43.8. The lowest BCUT2D eigenvalue weighted by atomic mass is 9.92. The van der Waals surface area contributed by atoms with E-state index in [4.69, 9.17) is 19.4 Å². The van der Waals surface area contributed by atoms with E-state index in [1.165, 1.54) is 15.3 Å². The Morgan fingerprint density at radius 1 is 0.667 bits per heavy atom. The molecule has 2 aromatic carbocycles. The molecule has 2 aromatic heterocycles. The second kappa shape index (κ2) is 20.8. The van der Waals surface area contributed by atoms with E-state index in [9.17, 15) is 18.0 Å². The maximum atomic E-state index is 13.4. The van der Waals surface area contributed by atoms with Gasteiger partial charge in [0.25, 0.3) is 0 Å². The summed E-state index contributed by atoms with van der Waals surface area (Å²) < 4.78 is 42.4. The van der Waals surface area contributed by atoms with Crippen LogP contribution in [0.2, 0.25) is 0 Å². The number of benzene rings is 2. The van der Waals surface area contributed by atoms with Gasteiger partial charge < -0.3 is 38.2 Å². The molecular formula is C50H80N8O6S2. The van der Waals surface area contributed by atoms with E-state index in [2.05, 4.69) is 92.8 Å². The molecule has 0 bridgehead atoms. The minimum atomic E-state index is -3.61. The lowest BCUT2D eigenvalue weighted by Gasteiger charge is -2.24. The molecule has 4 heterocycles. The van der Waals surface area contributed by atoms with Gasteiger partial charge >= 0.3 is 12.2 Å². The summed E-state index contributed by atoms with van der Waals surface area (Å²) in [6.07, 6.45) is 2.45. The molecule has 2 aliphatic heterocycles. The van der Waals surface area contributed by atoms with Gasteiger partial charge in [0, 0.05) is 75.3 Å². The fraction of sp³-hybridized carbons (Fsp3) is 0.680. The molecule has 0 spiro atoms. The van der Waals surface area contributed by atoms with Crippen LogP contribution >= 0.6 is 11.8 Å². The van der Waals surface area contributed by atoms with Crippen LogP contribution in [0.3, 0.4) is 0 Å². The molecule has 16 heteroatoms. The van der Waals surface area contributed by atoms with Gasteiger partial charge in [-0.15, -0.1) is 11.8 Å². The molecule has 2 saturated heterocycles. The van der Waals surface area contributed by atoms with Crippen LogP contribution in [0, 0.1) is 10.8 Å². The minimum Gasteiger partial charge on any atom is -0.444 e. The van der Waals surface area contributed by atoms with Crippen LogP contribution in [0.5, 0.6) is 0 Å². The average molecular weight is 953 g/mol. The Balaban J connectivity index is 0.000000248. The summed E-state index contributed by atoms with van der Waals surface area (Å²) in [5.41, 5.74) is 3.08. The topological polar surface area (TPSA) is 135 Å². The molecule has 2 amide bonds. The third kappa shape index (κ3) is 15.1. The first-order chi connectivity index (χ1) is 30.4. The van der Waals surface area contributed by atoms with Gasteiger partial charge in [0.05, 0.1) is 32.2 Å². The van der Waals surface area contributed by atoms with Gasteiger partial charge in [0.2, 0.25) is 0 Å². The first-order valence-corrected chi connectivity index (χ1v) is 25.9. The number of imidazole rings is 2. The fourth-order valence-corrected chi connectivity index (χ4v) is 11.0. The fourth-order valence-electron chi connectivity index (χ4n) is 8.06. The van der Waals surface area contributed by atoms with E-state index >= 15 is 0 Å². The Morgan fingerprint density at radius 3 is 1.59 bits per heavy atom. The van der Waals surface area contributed by atoms with Gasteiger partial charge in [-0.05, 0) is 130 Å². The van der Waals surface area contributed by atoms with Gasteiger partial charge in [-0.25, -0.2) is 28.0 Å². The highest BCUT2D eigenvalue weighted by molar-refractivity contribution is 8.00. The van der Waals surface area contributed by atoms with Crippen molar-refractivity contribution >= 4 is 55.9 Å². The van der Waals surface area contributed by atoms with Crippen molar-refractivity contribution in [3.8, 4) is 0 Å². The van der Waals surface area contributed by atoms with Crippen molar-refractivity contribution < 1.29 is 27.5 Å². The number of fused-ring (bicyclic) bond motifs is 2. The van der Waals surface area contributed by atoms with Gasteiger partial charge in [-0.2, -0.15) is 0 Å². The zero-order chi connectivity index (χ0) is 49.2. The first kappa shape index (κ1) is 53.1. The molecule has 0 saturated carbocycles. The summed E-state index contributed by atoms with van der Waals surface area (Å²) in [6, 6.07) is 11.9. The van der Waals surface area contributed by atoms with Gasteiger partial charge in [0.1, 0.15) is 22.9 Å². The van der Waals surface area contributed by atoms with Crippen LogP contribution in [-0.4, -0.2) is 148 Å². The van der Waals surface area contributed by atoms with Crippen molar-refractivity contribution in [2.45, 2.75) is 153 Å². The molecule has 0 aliphatic carbocycles. The maximum Gasteiger partial charge on any atom is 0.410 e. The largest absolute Gasteiger partial charge is 0.444 e. The van der Waals surface area contributed by atoms with Crippen LogP contribution in [0.15, 0.2) is 46.2 Å². The van der Waals surface area contributed by atoms with Crippen LogP contribution in [-0.2, 0) is 45.2 Å². The smallest absolute Gasteiger partial charge is 0.410 e. The number of hydrogen-bond donors (Lipinski definition) is 0. The molecule has 0 radical (unpaired) electrons. The standard InChI is InChI=1S/C25H40N4O4S.C25H40N4O2S/c1-24(2,3)16-22-26-20-15-18(9-10-21(20)29(22)14-13-27(7)8)34(31,32)19-11-12-28(17-19)23(30)33-25(4,5)6;1-24(2,3)16-22-26-20-15-18(9-10-21(20)29(22)14-13-27(7)8)32-19-11-12-28(17-19)23(30)31-25(4,5)6/h9-10,15,19H,11-14,16-17H2,1-8H3;9-10,15,19H,11-14,16-17H2,1-8H3/t2*19-/m00/s1. The van der Waals surface area contributed by atoms with Crippen molar-refractivity contribution in [2.75, 3.05) is 67.5 Å². The number of rotatable bonds is 12. The lowest BCUT2D eigenvalue weighted by molar-refractivity contribution is 0.0285.